The largest absolute Gasteiger partial charge is 0.481 e. The monoisotopic (exact) mass is 409 g/mol. The van der Waals surface area contributed by atoms with E-state index in [2.05, 4.69) is 0 Å². The molecule has 2 heterocycles. The molecule has 1 saturated heterocycles. The van der Waals surface area contributed by atoms with Crippen LogP contribution in [0.3, 0.4) is 0 Å². The number of nitrogens with two attached hydrogens (primary N) is 1. The van der Waals surface area contributed by atoms with E-state index >= 15 is 0 Å². The van der Waals surface area contributed by atoms with Crippen LogP contribution in [0.5, 0.6) is 5.75 Å². The lowest BCUT2D eigenvalue weighted by molar-refractivity contribution is 0.0626. The molecule has 7 heteroatoms. The fourth-order valence-electron chi connectivity index (χ4n) is 3.43. The van der Waals surface area contributed by atoms with Crippen LogP contribution in [0.4, 0.5) is 4.79 Å². The molecule has 0 spiro atoms. The zero-order valence-corrected chi connectivity index (χ0v) is 16.8. The highest BCUT2D eigenvalue weighted by molar-refractivity contribution is 7.20. The van der Waals surface area contributed by atoms with Gasteiger partial charge in [0, 0.05) is 23.2 Å². The van der Waals surface area contributed by atoms with Crippen molar-refractivity contribution in [2.75, 3.05) is 19.7 Å². The highest BCUT2D eigenvalue weighted by atomic mass is 32.1. The fraction of sp³-hybridized carbons (Fsp3) is 0.273. The lowest BCUT2D eigenvalue weighted by Gasteiger charge is -2.22. The summed E-state index contributed by atoms with van der Waals surface area (Å²) in [6.45, 7) is 1.62. The maximum atomic E-state index is 12.3. The van der Waals surface area contributed by atoms with E-state index in [1.807, 2.05) is 54.6 Å². The summed E-state index contributed by atoms with van der Waals surface area (Å²) in [5.74, 6) is 0.716. The van der Waals surface area contributed by atoms with Gasteiger partial charge in [-0.25, -0.2) is 4.79 Å². The number of amides is 1. The molecule has 1 atom stereocenters. The average molecular weight is 410 g/mol. The normalized spacial score (nSPS) is 14.7. The van der Waals surface area contributed by atoms with Crippen molar-refractivity contribution < 1.29 is 14.3 Å². The molecule has 29 heavy (non-hydrogen) atoms. The standard InChI is InChI=1S/C22H23N3O3S/c23-21(24)20-13-16-17(9-6-10-19(16)29-20)28-18(15-7-2-1-3-8-15)14-27-22(26)25-11-4-5-12-25/h1-3,6-10,13,18H,4-5,11-12,14H2,(H3,23,24). The summed E-state index contributed by atoms with van der Waals surface area (Å²) in [6, 6.07) is 17.4. The minimum absolute atomic E-state index is 0.0382. The summed E-state index contributed by atoms with van der Waals surface area (Å²) in [5, 5.41) is 8.59. The molecule has 6 nitrogen and oxygen atoms in total. The van der Waals surface area contributed by atoms with Crippen LogP contribution < -0.4 is 10.5 Å². The molecular weight excluding hydrogens is 386 g/mol. The second kappa shape index (κ2) is 8.53. The SMILES string of the molecule is N=C(N)c1cc2c(OC(COC(=O)N3CCCC3)c3ccccc3)cccc2s1. The highest BCUT2D eigenvalue weighted by Crippen LogP contribution is 2.35. The van der Waals surface area contributed by atoms with Gasteiger partial charge in [0.1, 0.15) is 18.2 Å². The molecule has 1 amide bonds. The van der Waals surface area contributed by atoms with E-state index < -0.39 is 6.10 Å². The van der Waals surface area contributed by atoms with E-state index in [-0.39, 0.29) is 18.5 Å². The lowest BCUT2D eigenvalue weighted by Crippen LogP contribution is -2.30. The highest BCUT2D eigenvalue weighted by Gasteiger charge is 2.23. The molecule has 1 unspecified atom stereocenters. The first-order chi connectivity index (χ1) is 14.1. The Hall–Kier alpha value is -3.06. The van der Waals surface area contributed by atoms with Crippen molar-refractivity contribution in [2.45, 2.75) is 18.9 Å². The van der Waals surface area contributed by atoms with Crippen molar-refractivity contribution in [1.29, 1.82) is 5.41 Å². The van der Waals surface area contributed by atoms with Crippen molar-refractivity contribution in [3.8, 4) is 5.75 Å². The first-order valence-corrected chi connectivity index (χ1v) is 10.4. The molecule has 150 valence electrons. The first-order valence-electron chi connectivity index (χ1n) is 9.62. The van der Waals surface area contributed by atoms with Gasteiger partial charge in [0.2, 0.25) is 0 Å². The second-order valence-corrected chi connectivity index (χ2v) is 8.06. The number of nitrogens with one attached hydrogen (secondary N) is 1. The molecule has 0 saturated carbocycles. The molecule has 2 aromatic carbocycles. The van der Waals surface area contributed by atoms with Gasteiger partial charge in [-0.1, -0.05) is 36.4 Å². The molecule has 4 rings (SSSR count). The summed E-state index contributed by atoms with van der Waals surface area (Å²) in [4.78, 5) is 14.8. The van der Waals surface area contributed by atoms with Crippen molar-refractivity contribution in [3.63, 3.8) is 0 Å². The third-order valence-corrected chi connectivity index (χ3v) is 6.08. The number of hydrogen-bond donors (Lipinski definition) is 2. The Labute approximate surface area is 173 Å². The lowest BCUT2D eigenvalue weighted by atomic mass is 10.1. The Balaban J connectivity index is 1.57. The number of benzene rings is 2. The third-order valence-electron chi connectivity index (χ3n) is 4.95. The number of nitrogen functional groups attached to an aromatic ring is 1. The van der Waals surface area contributed by atoms with Crippen LogP contribution in [-0.2, 0) is 4.74 Å². The smallest absolute Gasteiger partial charge is 0.409 e. The summed E-state index contributed by atoms with van der Waals surface area (Å²) >= 11 is 1.46. The van der Waals surface area contributed by atoms with Gasteiger partial charge in [-0.05, 0) is 36.6 Å². The van der Waals surface area contributed by atoms with Crippen LogP contribution in [0.25, 0.3) is 10.1 Å². The van der Waals surface area contributed by atoms with Gasteiger partial charge in [0.15, 0.2) is 6.10 Å². The molecule has 1 aliphatic heterocycles. The zero-order chi connectivity index (χ0) is 20.2. The number of fused-ring (bicyclic) bond motifs is 1. The number of hydrogen-bond acceptors (Lipinski definition) is 5. The van der Waals surface area contributed by atoms with E-state index in [1.165, 1.54) is 11.3 Å². The topological polar surface area (TPSA) is 88.6 Å². The van der Waals surface area contributed by atoms with Crippen LogP contribution in [0.1, 0.15) is 29.4 Å². The van der Waals surface area contributed by atoms with Gasteiger partial charge >= 0.3 is 6.09 Å². The molecule has 3 aromatic rings. The molecule has 1 aliphatic rings. The number of carbonyl (C=O) groups excluding carboxylic acids is 1. The van der Waals surface area contributed by atoms with Crippen LogP contribution in [0, 0.1) is 5.41 Å². The number of rotatable bonds is 6. The Bertz CT molecular complexity index is 1010. The Morgan fingerprint density at radius 3 is 2.62 bits per heavy atom. The van der Waals surface area contributed by atoms with E-state index in [9.17, 15) is 4.79 Å². The van der Waals surface area contributed by atoms with Crippen LogP contribution in [-0.4, -0.2) is 36.5 Å². The predicted molar refractivity (Wildman–Crippen MR) is 115 cm³/mol. The summed E-state index contributed by atoms with van der Waals surface area (Å²) in [6.07, 6.45) is 1.31. The van der Waals surface area contributed by atoms with Gasteiger partial charge in [0.25, 0.3) is 0 Å². The average Bonchev–Trinajstić information content (AvgIpc) is 3.41. The van der Waals surface area contributed by atoms with Crippen molar-refractivity contribution in [2.24, 2.45) is 5.73 Å². The number of likely N-dealkylation sites (tertiary alicyclic amines) is 1. The van der Waals surface area contributed by atoms with Crippen molar-refractivity contribution in [3.05, 3.63) is 65.0 Å². The minimum atomic E-state index is -0.436. The molecule has 1 aromatic heterocycles. The van der Waals surface area contributed by atoms with Gasteiger partial charge in [-0.15, -0.1) is 11.3 Å². The maximum absolute atomic E-state index is 12.3. The maximum Gasteiger partial charge on any atom is 0.409 e. The number of ether oxygens (including phenoxy) is 2. The predicted octanol–water partition coefficient (Wildman–Crippen LogP) is 4.54. The quantitative estimate of drug-likeness (QED) is 0.462. The molecule has 1 fully saturated rings. The Morgan fingerprint density at radius 2 is 1.90 bits per heavy atom. The van der Waals surface area contributed by atoms with Crippen LogP contribution in [0.15, 0.2) is 54.6 Å². The summed E-state index contributed by atoms with van der Waals surface area (Å²) < 4.78 is 12.9. The van der Waals surface area contributed by atoms with E-state index in [0.29, 0.717) is 10.6 Å². The third kappa shape index (κ3) is 4.35. The van der Waals surface area contributed by atoms with Crippen molar-refractivity contribution in [1.82, 2.24) is 4.90 Å². The molecular formula is C22H23N3O3S. The molecule has 0 bridgehead atoms. The summed E-state index contributed by atoms with van der Waals surface area (Å²) in [5.41, 5.74) is 6.58. The zero-order valence-electron chi connectivity index (χ0n) is 16.0. The number of thiophene rings is 1. The molecule has 0 radical (unpaired) electrons. The van der Waals surface area contributed by atoms with Crippen molar-refractivity contribution >= 4 is 33.4 Å². The number of nitrogens with zero attached hydrogens (tertiary/aromatic N) is 1. The van der Waals surface area contributed by atoms with E-state index in [4.69, 9.17) is 20.6 Å². The Morgan fingerprint density at radius 1 is 1.14 bits per heavy atom. The minimum Gasteiger partial charge on any atom is -0.481 e. The first kappa shape index (κ1) is 19.3. The second-order valence-electron chi connectivity index (χ2n) is 6.98. The fourth-order valence-corrected chi connectivity index (χ4v) is 4.37. The van der Waals surface area contributed by atoms with Gasteiger partial charge < -0.3 is 20.1 Å². The molecule has 3 N–H and O–H groups in total. The van der Waals surface area contributed by atoms with Crippen LogP contribution in [0.2, 0.25) is 0 Å². The number of carbonyl (C=O) groups is 1. The van der Waals surface area contributed by atoms with Crippen LogP contribution >= 0.6 is 11.3 Å². The number of amidine groups is 1. The molecule has 0 aliphatic carbocycles. The van der Waals surface area contributed by atoms with Gasteiger partial charge in [-0.3, -0.25) is 5.41 Å². The Kier molecular flexibility index (Phi) is 5.67. The van der Waals surface area contributed by atoms with E-state index in [1.54, 1.807) is 4.90 Å². The van der Waals surface area contributed by atoms with E-state index in [0.717, 1.165) is 41.6 Å². The summed E-state index contributed by atoms with van der Waals surface area (Å²) in [7, 11) is 0. The van der Waals surface area contributed by atoms with Gasteiger partial charge in [-0.2, -0.15) is 0 Å². The van der Waals surface area contributed by atoms with Gasteiger partial charge in [0.05, 0.1) is 4.88 Å².